The van der Waals surface area contributed by atoms with Crippen molar-refractivity contribution in [2.24, 2.45) is 0 Å². The van der Waals surface area contributed by atoms with Crippen molar-refractivity contribution in [3.8, 4) is 0 Å². The molecule has 2 saturated heterocycles. The van der Waals surface area contributed by atoms with Crippen molar-refractivity contribution in [2.45, 2.75) is 114 Å². The lowest BCUT2D eigenvalue weighted by atomic mass is 9.77. The largest absolute Gasteiger partial charge is 0.480 e. The second-order valence-corrected chi connectivity index (χ2v) is 13.9. The summed E-state index contributed by atoms with van der Waals surface area (Å²) in [7, 11) is 0. The standard InChI is InChI=1S/C18H22ClNO2.C18H23NO3/c1-13-5-7-14(8-6-13)15-11-18(9-3-2-4-10-18)20(17(15)22)12-16(19)21;1-13-5-7-14(8-6-13)15-11-18(9-3-2-4-10-18)19(17(15)22)12-16(20)21/h5-8,15H,2-4,9-12H2,1H3;5-8,15H,2-4,9-12H2,1H3,(H,20,21). The summed E-state index contributed by atoms with van der Waals surface area (Å²) in [5.41, 5.74) is 4.05. The summed E-state index contributed by atoms with van der Waals surface area (Å²) in [4.78, 5) is 51.9. The molecule has 7 nitrogen and oxygen atoms in total. The Morgan fingerprint density at radius 2 is 1.05 bits per heavy atom. The van der Waals surface area contributed by atoms with Crippen molar-refractivity contribution < 1.29 is 24.3 Å². The summed E-state index contributed by atoms with van der Waals surface area (Å²) in [6, 6.07) is 16.3. The molecule has 44 heavy (non-hydrogen) atoms. The predicted molar refractivity (Wildman–Crippen MR) is 171 cm³/mol. The van der Waals surface area contributed by atoms with Crippen LogP contribution in [0.15, 0.2) is 48.5 Å². The van der Waals surface area contributed by atoms with E-state index in [0.717, 1.165) is 75.3 Å². The van der Waals surface area contributed by atoms with E-state index in [2.05, 4.69) is 0 Å². The topological polar surface area (TPSA) is 95.0 Å². The SMILES string of the molecule is Cc1ccc(C2CC3(CCCCC3)N(CC(=O)Cl)C2=O)cc1.Cc1ccc(C2CC3(CCCCC3)N(CC(=O)O)C2=O)cc1. The molecular formula is C36H45ClN2O5. The van der Waals surface area contributed by atoms with Gasteiger partial charge in [0.15, 0.2) is 0 Å². The van der Waals surface area contributed by atoms with Gasteiger partial charge in [-0.2, -0.15) is 0 Å². The molecular weight excluding hydrogens is 576 g/mol. The van der Waals surface area contributed by atoms with Gasteiger partial charge in [-0.15, -0.1) is 0 Å². The van der Waals surface area contributed by atoms with E-state index in [4.69, 9.17) is 11.6 Å². The van der Waals surface area contributed by atoms with Gasteiger partial charge in [0.05, 0.1) is 18.4 Å². The third-order valence-corrected chi connectivity index (χ3v) is 10.7. The smallest absolute Gasteiger partial charge is 0.323 e. The Labute approximate surface area is 265 Å². The molecule has 4 fully saturated rings. The number of hydrogen-bond donors (Lipinski definition) is 1. The molecule has 2 aromatic carbocycles. The fourth-order valence-electron chi connectivity index (χ4n) is 8.24. The lowest BCUT2D eigenvalue weighted by Crippen LogP contribution is -2.49. The minimum atomic E-state index is -0.914. The molecule has 0 aromatic heterocycles. The second-order valence-electron chi connectivity index (χ2n) is 13.5. The Kier molecular flexibility index (Phi) is 9.83. The van der Waals surface area contributed by atoms with Crippen molar-refractivity contribution in [1.29, 1.82) is 0 Å². The number of amides is 2. The Bertz CT molecular complexity index is 1250. The van der Waals surface area contributed by atoms with Crippen molar-refractivity contribution in [3.05, 3.63) is 70.8 Å². The predicted octanol–water partition coefficient (Wildman–Crippen LogP) is 6.88. The number of aliphatic carboxylic acids is 1. The fourth-order valence-corrected chi connectivity index (χ4v) is 8.36. The summed E-state index contributed by atoms with van der Waals surface area (Å²) in [5.74, 6) is -1.16. The van der Waals surface area contributed by atoms with E-state index in [1.165, 1.54) is 24.0 Å². The number of carboxylic acid groups (broad SMARTS) is 1. The van der Waals surface area contributed by atoms with Gasteiger partial charge in [-0.1, -0.05) is 98.2 Å². The van der Waals surface area contributed by atoms with Crippen LogP contribution in [-0.4, -0.2) is 62.1 Å². The third kappa shape index (κ3) is 6.73. The lowest BCUT2D eigenvalue weighted by molar-refractivity contribution is -0.146. The van der Waals surface area contributed by atoms with Gasteiger partial charge in [-0.3, -0.25) is 19.2 Å². The fraction of sp³-hybridized carbons (Fsp3) is 0.556. The van der Waals surface area contributed by atoms with Gasteiger partial charge in [-0.25, -0.2) is 0 Å². The Balaban J connectivity index is 0.000000175. The molecule has 4 aliphatic rings. The number of carboxylic acids is 1. The molecule has 2 spiro atoms. The number of halogens is 1. The molecule has 2 aliphatic carbocycles. The quantitative estimate of drug-likeness (QED) is 0.355. The first-order chi connectivity index (χ1) is 21.0. The van der Waals surface area contributed by atoms with Crippen LogP contribution in [0.1, 0.15) is 111 Å². The van der Waals surface area contributed by atoms with Gasteiger partial charge >= 0.3 is 5.97 Å². The van der Waals surface area contributed by atoms with E-state index in [-0.39, 0.29) is 47.8 Å². The highest BCUT2D eigenvalue weighted by molar-refractivity contribution is 6.64. The van der Waals surface area contributed by atoms with Crippen LogP contribution >= 0.6 is 11.6 Å². The molecule has 2 aliphatic heterocycles. The minimum absolute atomic E-state index is 0.00634. The highest BCUT2D eigenvalue weighted by Gasteiger charge is 2.52. The highest BCUT2D eigenvalue weighted by Crippen LogP contribution is 2.49. The number of carbonyl (C=O) groups excluding carboxylic acids is 3. The number of benzene rings is 2. The highest BCUT2D eigenvalue weighted by atomic mass is 35.5. The first-order valence-electron chi connectivity index (χ1n) is 16.2. The number of carbonyl (C=O) groups is 4. The van der Waals surface area contributed by atoms with Gasteiger partial charge in [0.2, 0.25) is 17.1 Å². The lowest BCUT2D eigenvalue weighted by Gasteiger charge is -2.40. The zero-order chi connectivity index (χ0) is 31.5. The van der Waals surface area contributed by atoms with E-state index in [0.29, 0.717) is 0 Å². The molecule has 2 unspecified atom stereocenters. The van der Waals surface area contributed by atoms with Crippen molar-refractivity contribution >= 4 is 34.6 Å². The van der Waals surface area contributed by atoms with Crippen molar-refractivity contribution in [1.82, 2.24) is 9.80 Å². The first-order valence-corrected chi connectivity index (χ1v) is 16.6. The number of nitrogens with zero attached hydrogens (tertiary/aromatic N) is 2. The first kappa shape index (κ1) is 32.2. The molecule has 2 heterocycles. The Morgan fingerprint density at radius 1 is 0.682 bits per heavy atom. The number of rotatable bonds is 6. The van der Waals surface area contributed by atoms with Gasteiger partial charge in [0, 0.05) is 11.1 Å². The molecule has 2 atom stereocenters. The average molecular weight is 621 g/mol. The zero-order valence-corrected chi connectivity index (χ0v) is 26.8. The molecule has 6 rings (SSSR count). The van der Waals surface area contributed by atoms with E-state index in [1.807, 2.05) is 62.4 Å². The van der Waals surface area contributed by atoms with Gasteiger partial charge < -0.3 is 14.9 Å². The van der Waals surface area contributed by atoms with Crippen LogP contribution in [0, 0.1) is 13.8 Å². The molecule has 0 bridgehead atoms. The maximum absolute atomic E-state index is 12.9. The van der Waals surface area contributed by atoms with Crippen molar-refractivity contribution in [3.63, 3.8) is 0 Å². The maximum Gasteiger partial charge on any atom is 0.323 e. The van der Waals surface area contributed by atoms with Crippen molar-refractivity contribution in [2.75, 3.05) is 13.1 Å². The number of aryl methyl sites for hydroxylation is 2. The van der Waals surface area contributed by atoms with Crippen LogP contribution in [0.5, 0.6) is 0 Å². The Morgan fingerprint density at radius 3 is 1.39 bits per heavy atom. The van der Waals surface area contributed by atoms with Crippen LogP contribution in [0.2, 0.25) is 0 Å². The van der Waals surface area contributed by atoms with Crippen LogP contribution in [0.4, 0.5) is 0 Å². The second kappa shape index (κ2) is 13.4. The minimum Gasteiger partial charge on any atom is -0.480 e. The zero-order valence-electron chi connectivity index (χ0n) is 26.0. The van der Waals surface area contributed by atoms with Gasteiger partial charge in [0.1, 0.15) is 6.54 Å². The average Bonchev–Trinajstić information content (AvgIpc) is 3.40. The molecule has 0 radical (unpaired) electrons. The van der Waals surface area contributed by atoms with Gasteiger partial charge in [0.25, 0.3) is 0 Å². The summed E-state index contributed by atoms with van der Waals surface area (Å²) in [6.45, 7) is 3.95. The van der Waals surface area contributed by atoms with Crippen LogP contribution in [0.25, 0.3) is 0 Å². The van der Waals surface area contributed by atoms with E-state index >= 15 is 0 Å². The van der Waals surface area contributed by atoms with Gasteiger partial charge in [-0.05, 0) is 75.1 Å². The third-order valence-electron chi connectivity index (χ3n) is 10.5. The summed E-state index contributed by atoms with van der Waals surface area (Å²) >= 11 is 5.61. The van der Waals surface area contributed by atoms with E-state index in [1.54, 1.807) is 9.80 Å². The molecule has 2 aromatic rings. The monoisotopic (exact) mass is 620 g/mol. The maximum atomic E-state index is 12.9. The summed E-state index contributed by atoms with van der Waals surface area (Å²) in [6.07, 6.45) is 12.3. The summed E-state index contributed by atoms with van der Waals surface area (Å²) in [5, 5.41) is 8.76. The molecule has 236 valence electrons. The van der Waals surface area contributed by atoms with Crippen LogP contribution < -0.4 is 0 Å². The number of hydrogen-bond acceptors (Lipinski definition) is 4. The van der Waals surface area contributed by atoms with E-state index < -0.39 is 11.2 Å². The number of likely N-dealkylation sites (tertiary alicyclic amines) is 2. The normalized spacial score (nSPS) is 24.0. The van der Waals surface area contributed by atoms with Crippen LogP contribution in [0.3, 0.4) is 0 Å². The van der Waals surface area contributed by atoms with E-state index in [9.17, 15) is 24.3 Å². The molecule has 8 heteroatoms. The summed E-state index contributed by atoms with van der Waals surface area (Å²) < 4.78 is 0. The Hall–Kier alpha value is -3.19. The van der Waals surface area contributed by atoms with Crippen LogP contribution in [-0.2, 0) is 19.2 Å². The molecule has 2 saturated carbocycles. The molecule has 1 N–H and O–H groups in total. The molecule has 2 amide bonds.